The van der Waals surface area contributed by atoms with Gasteiger partial charge in [0.25, 0.3) is 5.91 Å². The summed E-state index contributed by atoms with van der Waals surface area (Å²) in [4.78, 5) is 24.9. The summed E-state index contributed by atoms with van der Waals surface area (Å²) in [5.74, 6) is -1.07. The molecule has 1 atom stereocenters. The first kappa shape index (κ1) is 23.7. The number of carbonyl (C=O) groups excluding carboxylic acids is 2. The molecular weight excluding hydrogens is 432 g/mol. The summed E-state index contributed by atoms with van der Waals surface area (Å²) in [7, 11) is -2.24. The Labute approximate surface area is 188 Å². The molecule has 1 unspecified atom stereocenters. The van der Waals surface area contributed by atoms with Gasteiger partial charge in [0.05, 0.1) is 17.9 Å². The van der Waals surface area contributed by atoms with Gasteiger partial charge in [-0.1, -0.05) is 12.1 Å². The van der Waals surface area contributed by atoms with E-state index in [0.29, 0.717) is 30.8 Å². The molecular formula is C23H28N2O6S. The van der Waals surface area contributed by atoms with E-state index in [1.807, 2.05) is 32.0 Å². The van der Waals surface area contributed by atoms with Crippen LogP contribution in [0.1, 0.15) is 24.0 Å². The Kier molecular flexibility index (Phi) is 7.52. The SMILES string of the molecule is COc1ccc(S(=O)(=O)N2CCCC(C(=O)OCC(=O)Nc3cc(C)ccc3C)C2)cc1. The van der Waals surface area contributed by atoms with E-state index in [1.54, 1.807) is 12.1 Å². The minimum Gasteiger partial charge on any atom is -0.497 e. The first-order valence-electron chi connectivity index (χ1n) is 10.4. The smallest absolute Gasteiger partial charge is 0.310 e. The molecule has 32 heavy (non-hydrogen) atoms. The summed E-state index contributed by atoms with van der Waals surface area (Å²) in [5, 5.41) is 2.74. The highest BCUT2D eigenvalue weighted by molar-refractivity contribution is 7.89. The zero-order chi connectivity index (χ0) is 23.3. The quantitative estimate of drug-likeness (QED) is 0.638. The Morgan fingerprint density at radius 3 is 2.53 bits per heavy atom. The van der Waals surface area contributed by atoms with Crippen LogP contribution >= 0.6 is 0 Å². The van der Waals surface area contributed by atoms with Crippen LogP contribution < -0.4 is 10.1 Å². The van der Waals surface area contributed by atoms with Gasteiger partial charge in [-0.05, 0) is 68.1 Å². The van der Waals surface area contributed by atoms with Crippen molar-refractivity contribution in [3.8, 4) is 5.75 Å². The number of carbonyl (C=O) groups is 2. The second-order valence-corrected chi connectivity index (χ2v) is 9.79. The summed E-state index contributed by atoms with van der Waals surface area (Å²) in [6.07, 6.45) is 1.04. The predicted molar refractivity (Wildman–Crippen MR) is 120 cm³/mol. The normalized spacial score (nSPS) is 16.9. The van der Waals surface area contributed by atoms with Gasteiger partial charge in [-0.3, -0.25) is 9.59 Å². The van der Waals surface area contributed by atoms with Crippen LogP contribution in [0.3, 0.4) is 0 Å². The van der Waals surface area contributed by atoms with Crippen LogP contribution in [0.5, 0.6) is 5.75 Å². The minimum absolute atomic E-state index is 0.0196. The van der Waals surface area contributed by atoms with Crippen LogP contribution in [0.2, 0.25) is 0 Å². The molecule has 1 heterocycles. The third-order valence-corrected chi connectivity index (χ3v) is 7.31. The van der Waals surface area contributed by atoms with Crippen LogP contribution in [-0.2, 0) is 24.3 Å². The van der Waals surface area contributed by atoms with E-state index in [1.165, 1.54) is 23.5 Å². The molecule has 3 rings (SSSR count). The number of aryl methyl sites for hydroxylation is 2. The maximum Gasteiger partial charge on any atom is 0.310 e. The summed E-state index contributed by atoms with van der Waals surface area (Å²) >= 11 is 0. The Morgan fingerprint density at radius 2 is 1.84 bits per heavy atom. The summed E-state index contributed by atoms with van der Waals surface area (Å²) in [6, 6.07) is 11.8. The maximum absolute atomic E-state index is 13.0. The maximum atomic E-state index is 13.0. The lowest BCUT2D eigenvalue weighted by molar-refractivity contribution is -0.152. The Hall–Kier alpha value is -2.91. The molecule has 8 nitrogen and oxygen atoms in total. The zero-order valence-corrected chi connectivity index (χ0v) is 19.3. The highest BCUT2D eigenvalue weighted by Crippen LogP contribution is 2.26. The molecule has 0 spiro atoms. The Balaban J connectivity index is 1.57. The van der Waals surface area contributed by atoms with Crippen LogP contribution in [-0.4, -0.2) is 51.4 Å². The molecule has 0 bridgehead atoms. The first-order chi connectivity index (χ1) is 15.2. The van der Waals surface area contributed by atoms with Gasteiger partial charge in [-0.2, -0.15) is 4.31 Å². The summed E-state index contributed by atoms with van der Waals surface area (Å²) < 4.78 is 37.5. The number of hydrogen-bond acceptors (Lipinski definition) is 6. The lowest BCUT2D eigenvalue weighted by Crippen LogP contribution is -2.43. The highest BCUT2D eigenvalue weighted by Gasteiger charge is 2.34. The third kappa shape index (κ3) is 5.66. The second-order valence-electron chi connectivity index (χ2n) is 7.85. The van der Waals surface area contributed by atoms with Gasteiger partial charge in [0.15, 0.2) is 6.61 Å². The molecule has 9 heteroatoms. The van der Waals surface area contributed by atoms with Crippen LogP contribution in [0.4, 0.5) is 5.69 Å². The van der Waals surface area contributed by atoms with E-state index < -0.39 is 34.4 Å². The fraction of sp³-hybridized carbons (Fsp3) is 0.391. The van der Waals surface area contributed by atoms with Gasteiger partial charge in [-0.25, -0.2) is 8.42 Å². The van der Waals surface area contributed by atoms with Crippen LogP contribution in [0.25, 0.3) is 0 Å². The van der Waals surface area contributed by atoms with Crippen molar-refractivity contribution in [3.05, 3.63) is 53.6 Å². The van der Waals surface area contributed by atoms with Crippen molar-refractivity contribution in [2.45, 2.75) is 31.6 Å². The number of piperidine rings is 1. The van der Waals surface area contributed by atoms with Crippen molar-refractivity contribution in [1.29, 1.82) is 0 Å². The Bertz CT molecular complexity index is 1080. The number of nitrogens with zero attached hydrogens (tertiary/aromatic N) is 1. The van der Waals surface area contributed by atoms with Crippen molar-refractivity contribution < 1.29 is 27.5 Å². The number of benzene rings is 2. The van der Waals surface area contributed by atoms with Gasteiger partial charge in [0, 0.05) is 18.8 Å². The molecule has 1 fully saturated rings. The monoisotopic (exact) mass is 460 g/mol. The van der Waals surface area contributed by atoms with Crippen molar-refractivity contribution in [2.24, 2.45) is 5.92 Å². The van der Waals surface area contributed by atoms with Crippen molar-refractivity contribution in [3.63, 3.8) is 0 Å². The molecule has 1 amide bonds. The number of methoxy groups -OCH3 is 1. The van der Waals surface area contributed by atoms with Gasteiger partial charge < -0.3 is 14.8 Å². The lowest BCUT2D eigenvalue weighted by Gasteiger charge is -2.30. The average Bonchev–Trinajstić information content (AvgIpc) is 2.80. The van der Waals surface area contributed by atoms with E-state index in [2.05, 4.69) is 5.32 Å². The first-order valence-corrected chi connectivity index (χ1v) is 11.8. The fourth-order valence-electron chi connectivity index (χ4n) is 3.56. The standard InChI is InChI=1S/C23H28N2O6S/c1-16-6-7-17(2)21(13-16)24-22(26)15-31-23(27)18-5-4-12-25(14-18)32(28,29)20-10-8-19(30-3)9-11-20/h6-11,13,18H,4-5,12,14-15H2,1-3H3,(H,24,26). The number of sulfonamides is 1. The number of rotatable bonds is 7. The number of esters is 1. The van der Waals surface area contributed by atoms with E-state index in [-0.39, 0.29) is 11.4 Å². The van der Waals surface area contributed by atoms with Gasteiger partial charge >= 0.3 is 5.97 Å². The largest absolute Gasteiger partial charge is 0.497 e. The molecule has 172 valence electrons. The van der Waals surface area contributed by atoms with Crippen molar-refractivity contribution in [2.75, 3.05) is 32.1 Å². The molecule has 2 aromatic rings. The third-order valence-electron chi connectivity index (χ3n) is 5.43. The Morgan fingerprint density at radius 1 is 1.12 bits per heavy atom. The van der Waals surface area contributed by atoms with E-state index in [0.717, 1.165) is 11.1 Å². The molecule has 0 aliphatic carbocycles. The fourth-order valence-corrected chi connectivity index (χ4v) is 5.09. The number of anilines is 1. The van der Waals surface area contributed by atoms with Crippen molar-refractivity contribution >= 4 is 27.6 Å². The molecule has 0 saturated carbocycles. The molecule has 2 aromatic carbocycles. The number of hydrogen-bond donors (Lipinski definition) is 1. The summed E-state index contributed by atoms with van der Waals surface area (Å²) in [6.45, 7) is 3.72. The van der Waals surface area contributed by atoms with Gasteiger partial charge in [0.1, 0.15) is 5.75 Å². The van der Waals surface area contributed by atoms with Crippen LogP contribution in [0, 0.1) is 19.8 Å². The topological polar surface area (TPSA) is 102 Å². The van der Waals surface area contributed by atoms with E-state index in [4.69, 9.17) is 9.47 Å². The number of amides is 1. The van der Waals surface area contributed by atoms with Gasteiger partial charge in [0.2, 0.25) is 10.0 Å². The molecule has 1 aliphatic heterocycles. The molecule has 1 N–H and O–H groups in total. The number of nitrogens with one attached hydrogen (secondary N) is 1. The van der Waals surface area contributed by atoms with Gasteiger partial charge in [-0.15, -0.1) is 0 Å². The molecule has 0 aromatic heterocycles. The number of ether oxygens (including phenoxy) is 2. The molecule has 0 radical (unpaired) electrons. The average molecular weight is 461 g/mol. The molecule has 1 aliphatic rings. The molecule has 1 saturated heterocycles. The second kappa shape index (κ2) is 10.1. The van der Waals surface area contributed by atoms with E-state index >= 15 is 0 Å². The van der Waals surface area contributed by atoms with E-state index in [9.17, 15) is 18.0 Å². The lowest BCUT2D eigenvalue weighted by atomic mass is 10.00. The predicted octanol–water partition coefficient (Wildman–Crippen LogP) is 2.89. The summed E-state index contributed by atoms with van der Waals surface area (Å²) in [5.41, 5.74) is 2.57. The minimum atomic E-state index is -3.74. The zero-order valence-electron chi connectivity index (χ0n) is 18.5. The van der Waals surface area contributed by atoms with Crippen molar-refractivity contribution in [1.82, 2.24) is 4.31 Å². The van der Waals surface area contributed by atoms with Crippen LogP contribution in [0.15, 0.2) is 47.4 Å². The highest BCUT2D eigenvalue weighted by atomic mass is 32.2.